The lowest BCUT2D eigenvalue weighted by atomic mass is 9.65. The Kier molecular flexibility index (Phi) is 4.64. The van der Waals surface area contributed by atoms with Crippen LogP contribution >= 0.6 is 0 Å². The molecule has 0 aromatic heterocycles. The predicted octanol–water partition coefficient (Wildman–Crippen LogP) is 6.21. The molecule has 1 aromatic rings. The van der Waals surface area contributed by atoms with Crippen molar-refractivity contribution in [1.82, 2.24) is 0 Å². The Morgan fingerprint density at radius 2 is 1.24 bits per heavy atom. The van der Waals surface area contributed by atoms with Crippen molar-refractivity contribution in [2.45, 2.75) is 79.1 Å². The smallest absolute Gasteiger partial charge is 0.163 e. The van der Waals surface area contributed by atoms with Crippen LogP contribution in [-0.4, -0.2) is 11.6 Å². The molecular formula is C26H32O3. The highest BCUT2D eigenvalue weighted by atomic mass is 16.5. The maximum Gasteiger partial charge on any atom is 0.163 e. The summed E-state index contributed by atoms with van der Waals surface area (Å²) < 4.78 is 6.34. The van der Waals surface area contributed by atoms with Gasteiger partial charge in [-0.2, -0.15) is 0 Å². The monoisotopic (exact) mass is 392 g/mol. The zero-order chi connectivity index (χ0) is 21.1. The van der Waals surface area contributed by atoms with Crippen LogP contribution in [0.2, 0.25) is 0 Å². The molecule has 0 saturated heterocycles. The standard InChI is InChI=1S/C26H32O3/c1-15(2)16-7-9-17(10-8-16)22-23-18(27)11-25(3,4)13-20(23)29-21-14-26(5,6)12-19(28)24(21)22/h7-10,15,22H,11-14H2,1-6H3. The van der Waals surface area contributed by atoms with Crippen molar-refractivity contribution in [3.63, 3.8) is 0 Å². The normalized spacial score (nSPS) is 23.8. The van der Waals surface area contributed by atoms with Crippen molar-refractivity contribution in [2.24, 2.45) is 10.8 Å². The van der Waals surface area contributed by atoms with Gasteiger partial charge in [-0.1, -0.05) is 65.8 Å². The van der Waals surface area contributed by atoms with Crippen molar-refractivity contribution >= 4 is 11.6 Å². The van der Waals surface area contributed by atoms with E-state index in [4.69, 9.17) is 4.74 Å². The van der Waals surface area contributed by atoms with Gasteiger partial charge in [0.25, 0.3) is 0 Å². The largest absolute Gasteiger partial charge is 0.465 e. The number of carbonyl (C=O) groups excluding carboxylic acids is 2. The second kappa shape index (κ2) is 6.68. The van der Waals surface area contributed by atoms with E-state index < -0.39 is 0 Å². The van der Waals surface area contributed by atoms with Crippen LogP contribution < -0.4 is 0 Å². The number of ketones is 2. The minimum atomic E-state index is -0.290. The van der Waals surface area contributed by atoms with E-state index in [0.29, 0.717) is 29.9 Å². The van der Waals surface area contributed by atoms with E-state index in [2.05, 4.69) is 65.8 Å². The summed E-state index contributed by atoms with van der Waals surface area (Å²) in [5.41, 5.74) is 3.49. The Bertz CT molecular complexity index is 887. The quantitative estimate of drug-likeness (QED) is 0.601. The molecule has 1 aliphatic heterocycles. The highest BCUT2D eigenvalue weighted by Crippen LogP contribution is 2.53. The lowest BCUT2D eigenvalue weighted by Gasteiger charge is -2.42. The van der Waals surface area contributed by atoms with Crippen molar-refractivity contribution < 1.29 is 14.3 Å². The van der Waals surface area contributed by atoms with Crippen LogP contribution in [0.15, 0.2) is 46.9 Å². The summed E-state index contributed by atoms with van der Waals surface area (Å²) >= 11 is 0. The number of carbonyl (C=O) groups is 2. The molecule has 1 aromatic carbocycles. The molecule has 0 N–H and O–H groups in total. The second-order valence-corrected chi connectivity index (χ2v) is 10.9. The van der Waals surface area contributed by atoms with Crippen LogP contribution in [-0.2, 0) is 14.3 Å². The topological polar surface area (TPSA) is 43.4 Å². The van der Waals surface area contributed by atoms with Gasteiger partial charge in [0, 0.05) is 42.7 Å². The minimum Gasteiger partial charge on any atom is -0.465 e. The van der Waals surface area contributed by atoms with E-state index in [9.17, 15) is 9.59 Å². The zero-order valence-corrected chi connectivity index (χ0v) is 18.5. The zero-order valence-electron chi connectivity index (χ0n) is 18.5. The van der Waals surface area contributed by atoms with Gasteiger partial charge in [0.05, 0.1) is 0 Å². The fraction of sp³-hybridized carbons (Fsp3) is 0.538. The predicted molar refractivity (Wildman–Crippen MR) is 114 cm³/mol. The van der Waals surface area contributed by atoms with Gasteiger partial charge in [-0.25, -0.2) is 0 Å². The number of Topliss-reactive ketones (excluding diaryl/α,β-unsaturated/α-hetero) is 2. The molecule has 29 heavy (non-hydrogen) atoms. The average molecular weight is 393 g/mol. The van der Waals surface area contributed by atoms with Gasteiger partial charge in [-0.15, -0.1) is 0 Å². The number of allylic oxidation sites excluding steroid dienone is 4. The van der Waals surface area contributed by atoms with Crippen molar-refractivity contribution in [3.8, 4) is 0 Å². The number of hydrogen-bond acceptors (Lipinski definition) is 3. The molecule has 3 aliphatic rings. The summed E-state index contributed by atoms with van der Waals surface area (Å²) in [6, 6.07) is 8.45. The van der Waals surface area contributed by atoms with Crippen LogP contribution in [0.25, 0.3) is 0 Å². The van der Waals surface area contributed by atoms with E-state index in [1.807, 2.05) is 0 Å². The summed E-state index contributed by atoms with van der Waals surface area (Å²) in [7, 11) is 0. The molecule has 0 saturated carbocycles. The molecule has 0 amide bonds. The molecule has 0 spiro atoms. The maximum atomic E-state index is 13.2. The van der Waals surface area contributed by atoms with Crippen molar-refractivity contribution in [3.05, 3.63) is 58.1 Å². The highest BCUT2D eigenvalue weighted by Gasteiger charge is 2.47. The van der Waals surface area contributed by atoms with E-state index in [1.54, 1.807) is 0 Å². The molecule has 0 radical (unpaired) electrons. The van der Waals surface area contributed by atoms with Crippen LogP contribution in [0.3, 0.4) is 0 Å². The summed E-state index contributed by atoms with van der Waals surface area (Å²) in [6.45, 7) is 12.8. The molecule has 0 fully saturated rings. The number of benzene rings is 1. The molecule has 3 nitrogen and oxygen atoms in total. The van der Waals surface area contributed by atoms with E-state index in [1.165, 1.54) is 5.56 Å². The molecule has 0 atom stereocenters. The molecule has 3 heteroatoms. The maximum absolute atomic E-state index is 13.2. The van der Waals surface area contributed by atoms with E-state index >= 15 is 0 Å². The lowest BCUT2D eigenvalue weighted by molar-refractivity contribution is -0.120. The summed E-state index contributed by atoms with van der Waals surface area (Å²) in [6.07, 6.45) is 2.47. The minimum absolute atomic E-state index is 0.117. The van der Waals surface area contributed by atoms with E-state index in [-0.39, 0.29) is 28.3 Å². The molecule has 0 bridgehead atoms. The van der Waals surface area contributed by atoms with Crippen LogP contribution in [0.1, 0.15) is 90.2 Å². The highest BCUT2D eigenvalue weighted by molar-refractivity contribution is 6.06. The number of ether oxygens (including phenoxy) is 1. The van der Waals surface area contributed by atoms with Gasteiger partial charge >= 0.3 is 0 Å². The molecule has 1 heterocycles. The number of hydrogen-bond donors (Lipinski definition) is 0. The molecule has 4 rings (SSSR count). The molecule has 154 valence electrons. The Morgan fingerprint density at radius 1 is 0.793 bits per heavy atom. The lowest BCUT2D eigenvalue weighted by Crippen LogP contribution is -2.37. The summed E-state index contributed by atoms with van der Waals surface area (Å²) in [5.74, 6) is 1.97. The van der Waals surface area contributed by atoms with Crippen LogP contribution in [0, 0.1) is 10.8 Å². The molecule has 2 aliphatic carbocycles. The van der Waals surface area contributed by atoms with Gasteiger partial charge in [-0.05, 0) is 27.9 Å². The van der Waals surface area contributed by atoms with Crippen molar-refractivity contribution in [2.75, 3.05) is 0 Å². The Morgan fingerprint density at radius 3 is 1.66 bits per heavy atom. The Labute approximate surface area is 174 Å². The van der Waals surface area contributed by atoms with Crippen LogP contribution in [0.4, 0.5) is 0 Å². The van der Waals surface area contributed by atoms with Gasteiger partial charge in [0.15, 0.2) is 11.6 Å². The van der Waals surface area contributed by atoms with Crippen molar-refractivity contribution in [1.29, 1.82) is 0 Å². The summed E-state index contributed by atoms with van der Waals surface area (Å²) in [5, 5.41) is 0. The van der Waals surface area contributed by atoms with Gasteiger partial charge in [0.2, 0.25) is 0 Å². The summed E-state index contributed by atoms with van der Waals surface area (Å²) in [4.78, 5) is 26.5. The third kappa shape index (κ3) is 3.60. The first-order chi connectivity index (χ1) is 13.5. The Balaban J connectivity index is 1.87. The van der Waals surface area contributed by atoms with Gasteiger partial charge < -0.3 is 4.74 Å². The van der Waals surface area contributed by atoms with E-state index in [0.717, 1.165) is 29.9 Å². The fourth-order valence-corrected chi connectivity index (χ4v) is 5.08. The SMILES string of the molecule is CC(C)c1ccc(C2C3=C(CC(C)(C)CC3=O)OC3=C2C(=O)CC(C)(C)C3)cc1. The van der Waals surface area contributed by atoms with Crippen LogP contribution in [0.5, 0.6) is 0 Å². The fourth-order valence-electron chi connectivity index (χ4n) is 5.08. The van der Waals surface area contributed by atoms with Gasteiger partial charge in [-0.3, -0.25) is 9.59 Å². The third-order valence-corrected chi connectivity index (χ3v) is 6.52. The second-order valence-electron chi connectivity index (χ2n) is 10.9. The average Bonchev–Trinajstić information content (AvgIpc) is 2.57. The molecular weight excluding hydrogens is 360 g/mol. The third-order valence-electron chi connectivity index (χ3n) is 6.52. The first kappa shape index (κ1) is 20.1. The first-order valence-electron chi connectivity index (χ1n) is 10.8. The molecule has 0 unspecified atom stereocenters. The first-order valence-corrected chi connectivity index (χ1v) is 10.8. The van der Waals surface area contributed by atoms with Gasteiger partial charge in [0.1, 0.15) is 11.5 Å². The number of rotatable bonds is 2. The Hall–Kier alpha value is -2.16.